The highest BCUT2D eigenvalue weighted by Crippen LogP contribution is 2.12. The van der Waals surface area contributed by atoms with E-state index in [0.29, 0.717) is 26.1 Å². The van der Waals surface area contributed by atoms with Gasteiger partial charge in [-0.3, -0.25) is 0 Å². The number of aliphatic hydroxyl groups is 1. The van der Waals surface area contributed by atoms with Crippen LogP contribution in [0.5, 0.6) is 0 Å². The van der Waals surface area contributed by atoms with Crippen LogP contribution in [0.25, 0.3) is 0 Å². The molecule has 1 aromatic rings. The van der Waals surface area contributed by atoms with Crippen molar-refractivity contribution >= 4 is 0 Å². The minimum Gasteiger partial charge on any atom is -0.392 e. The summed E-state index contributed by atoms with van der Waals surface area (Å²) in [5.74, 6) is 0.875. The van der Waals surface area contributed by atoms with E-state index >= 15 is 0 Å². The number of hydrogen-bond acceptors (Lipinski definition) is 4. The van der Waals surface area contributed by atoms with Crippen molar-refractivity contribution in [3.63, 3.8) is 0 Å². The highest BCUT2D eigenvalue weighted by Gasteiger charge is 2.20. The molecule has 0 bridgehead atoms. The Labute approximate surface area is 88.6 Å². The highest BCUT2D eigenvalue weighted by atomic mass is 16.7. The molecule has 0 aliphatic carbocycles. The largest absolute Gasteiger partial charge is 0.392 e. The molecule has 84 valence electrons. The molecule has 1 aliphatic rings. The summed E-state index contributed by atoms with van der Waals surface area (Å²) < 4.78 is 12.4. The number of rotatable bonds is 4. The van der Waals surface area contributed by atoms with Crippen molar-refractivity contribution in [2.24, 2.45) is 7.05 Å². The Morgan fingerprint density at radius 3 is 2.93 bits per heavy atom. The molecule has 1 unspecified atom stereocenters. The highest BCUT2D eigenvalue weighted by molar-refractivity contribution is 4.93. The molecule has 2 heterocycles. The smallest absolute Gasteiger partial charge is 0.160 e. The van der Waals surface area contributed by atoms with Gasteiger partial charge < -0.3 is 19.1 Å². The summed E-state index contributed by atoms with van der Waals surface area (Å²) in [4.78, 5) is 4.15. The molecule has 0 amide bonds. The SMILES string of the molecule is Cn1ccnc1CC(O)CC1OCCO1. The number of aryl methyl sites for hydroxylation is 1. The van der Waals surface area contributed by atoms with Gasteiger partial charge in [-0.15, -0.1) is 0 Å². The maximum Gasteiger partial charge on any atom is 0.160 e. The van der Waals surface area contributed by atoms with E-state index in [-0.39, 0.29) is 6.29 Å². The third-order valence-electron chi connectivity index (χ3n) is 2.49. The van der Waals surface area contributed by atoms with Gasteiger partial charge in [0.15, 0.2) is 6.29 Å². The molecule has 5 heteroatoms. The third-order valence-corrected chi connectivity index (χ3v) is 2.49. The summed E-state index contributed by atoms with van der Waals surface area (Å²) in [7, 11) is 1.91. The molecule has 15 heavy (non-hydrogen) atoms. The number of aromatic nitrogens is 2. The Bertz CT molecular complexity index is 307. The first-order valence-corrected chi connectivity index (χ1v) is 5.13. The average Bonchev–Trinajstić information content (AvgIpc) is 2.79. The second kappa shape index (κ2) is 4.74. The topological polar surface area (TPSA) is 56.5 Å². The number of aliphatic hydroxyl groups excluding tert-OH is 1. The van der Waals surface area contributed by atoms with Gasteiger partial charge in [0.2, 0.25) is 0 Å². The fourth-order valence-corrected chi connectivity index (χ4v) is 1.65. The van der Waals surface area contributed by atoms with Crippen molar-refractivity contribution < 1.29 is 14.6 Å². The van der Waals surface area contributed by atoms with Crippen LogP contribution in [0.2, 0.25) is 0 Å². The van der Waals surface area contributed by atoms with Crippen LogP contribution in [0.4, 0.5) is 0 Å². The van der Waals surface area contributed by atoms with Crippen molar-refractivity contribution in [2.45, 2.75) is 25.2 Å². The minimum atomic E-state index is -0.464. The predicted octanol–water partition coefficient (Wildman–Crippen LogP) is 0.0865. The van der Waals surface area contributed by atoms with E-state index in [4.69, 9.17) is 9.47 Å². The Hall–Kier alpha value is -0.910. The number of nitrogens with zero attached hydrogens (tertiary/aromatic N) is 2. The monoisotopic (exact) mass is 212 g/mol. The van der Waals surface area contributed by atoms with Gasteiger partial charge in [0.05, 0.1) is 19.3 Å². The van der Waals surface area contributed by atoms with Crippen LogP contribution in [0.3, 0.4) is 0 Å². The van der Waals surface area contributed by atoms with E-state index in [0.717, 1.165) is 5.82 Å². The molecule has 1 aromatic heterocycles. The normalized spacial score (nSPS) is 19.6. The summed E-state index contributed by atoms with van der Waals surface area (Å²) in [6, 6.07) is 0. The predicted molar refractivity (Wildman–Crippen MR) is 53.2 cm³/mol. The molecule has 0 saturated carbocycles. The first kappa shape index (κ1) is 10.6. The third kappa shape index (κ3) is 2.77. The second-order valence-corrected chi connectivity index (χ2v) is 3.72. The fraction of sp³-hybridized carbons (Fsp3) is 0.700. The van der Waals surface area contributed by atoms with Crippen molar-refractivity contribution in [3.8, 4) is 0 Å². The zero-order valence-electron chi connectivity index (χ0n) is 8.80. The lowest BCUT2D eigenvalue weighted by Gasteiger charge is -2.14. The van der Waals surface area contributed by atoms with E-state index in [2.05, 4.69) is 4.98 Å². The van der Waals surface area contributed by atoms with Crippen LogP contribution in [0.1, 0.15) is 12.2 Å². The molecular formula is C10H16N2O3. The van der Waals surface area contributed by atoms with Crippen molar-refractivity contribution in [1.82, 2.24) is 9.55 Å². The van der Waals surface area contributed by atoms with Crippen molar-refractivity contribution in [3.05, 3.63) is 18.2 Å². The second-order valence-electron chi connectivity index (χ2n) is 3.72. The van der Waals surface area contributed by atoms with Gasteiger partial charge in [-0.25, -0.2) is 4.98 Å². The van der Waals surface area contributed by atoms with Crippen LogP contribution in [0, 0.1) is 0 Å². The molecule has 0 aromatic carbocycles. The Kier molecular flexibility index (Phi) is 3.35. The summed E-state index contributed by atoms with van der Waals surface area (Å²) in [6.45, 7) is 1.25. The standard InChI is InChI=1S/C10H16N2O3/c1-12-3-2-11-9(12)6-8(13)7-10-14-4-5-15-10/h2-3,8,10,13H,4-7H2,1H3. The van der Waals surface area contributed by atoms with Gasteiger partial charge in [0.25, 0.3) is 0 Å². The van der Waals surface area contributed by atoms with Crippen LogP contribution >= 0.6 is 0 Å². The molecule has 1 fully saturated rings. The molecular weight excluding hydrogens is 196 g/mol. The summed E-state index contributed by atoms with van der Waals surface area (Å²) >= 11 is 0. The van der Waals surface area contributed by atoms with Gasteiger partial charge in [0.1, 0.15) is 5.82 Å². The van der Waals surface area contributed by atoms with Crippen LogP contribution in [-0.2, 0) is 22.9 Å². The van der Waals surface area contributed by atoms with Gasteiger partial charge in [-0.2, -0.15) is 0 Å². The summed E-state index contributed by atoms with van der Waals surface area (Å²) in [5.41, 5.74) is 0. The average molecular weight is 212 g/mol. The molecule has 1 saturated heterocycles. The van der Waals surface area contributed by atoms with E-state index in [1.807, 2.05) is 17.8 Å². The molecule has 2 rings (SSSR count). The van der Waals surface area contributed by atoms with E-state index < -0.39 is 6.10 Å². The van der Waals surface area contributed by atoms with Gasteiger partial charge >= 0.3 is 0 Å². The van der Waals surface area contributed by atoms with Crippen LogP contribution in [0.15, 0.2) is 12.4 Å². The molecule has 0 radical (unpaired) electrons. The maximum absolute atomic E-state index is 9.79. The molecule has 0 spiro atoms. The van der Waals surface area contributed by atoms with E-state index in [1.54, 1.807) is 6.20 Å². The Balaban J connectivity index is 1.81. The lowest BCUT2D eigenvalue weighted by Crippen LogP contribution is -2.21. The fourth-order valence-electron chi connectivity index (χ4n) is 1.65. The maximum atomic E-state index is 9.79. The molecule has 1 aliphatic heterocycles. The molecule has 1 N–H and O–H groups in total. The van der Waals surface area contributed by atoms with Gasteiger partial charge in [0, 0.05) is 32.3 Å². The first-order valence-electron chi connectivity index (χ1n) is 5.13. The molecule has 1 atom stereocenters. The zero-order valence-corrected chi connectivity index (χ0v) is 8.80. The van der Waals surface area contributed by atoms with Crippen LogP contribution in [-0.4, -0.2) is 40.3 Å². The van der Waals surface area contributed by atoms with Gasteiger partial charge in [-0.05, 0) is 0 Å². The van der Waals surface area contributed by atoms with Gasteiger partial charge in [-0.1, -0.05) is 0 Å². The van der Waals surface area contributed by atoms with E-state index in [9.17, 15) is 5.11 Å². The summed E-state index contributed by atoms with van der Waals surface area (Å²) in [5, 5.41) is 9.79. The van der Waals surface area contributed by atoms with Crippen LogP contribution < -0.4 is 0 Å². The van der Waals surface area contributed by atoms with Crippen molar-refractivity contribution in [1.29, 1.82) is 0 Å². The quantitative estimate of drug-likeness (QED) is 0.768. The Morgan fingerprint density at radius 2 is 2.33 bits per heavy atom. The first-order chi connectivity index (χ1) is 7.25. The number of imidazole rings is 1. The number of ether oxygens (including phenoxy) is 2. The molecule has 5 nitrogen and oxygen atoms in total. The minimum absolute atomic E-state index is 0.250. The van der Waals surface area contributed by atoms with Crippen molar-refractivity contribution in [2.75, 3.05) is 13.2 Å². The zero-order chi connectivity index (χ0) is 10.7. The van der Waals surface area contributed by atoms with E-state index in [1.165, 1.54) is 0 Å². The number of hydrogen-bond donors (Lipinski definition) is 1. The Morgan fingerprint density at radius 1 is 1.60 bits per heavy atom. The summed E-state index contributed by atoms with van der Waals surface area (Å²) in [6.07, 6.45) is 3.92. The lowest BCUT2D eigenvalue weighted by molar-refractivity contribution is -0.0701. The lowest BCUT2D eigenvalue weighted by atomic mass is 10.2.